The predicted octanol–water partition coefficient (Wildman–Crippen LogP) is 5.04. The third-order valence-electron chi connectivity index (χ3n) is 4.04. The minimum absolute atomic E-state index is 0.495. The molecule has 0 saturated heterocycles. The largest absolute Gasteiger partial charge is 0.490 e. The lowest BCUT2D eigenvalue weighted by atomic mass is 9.91. The summed E-state index contributed by atoms with van der Waals surface area (Å²) in [6, 6.07) is 8.78. The Labute approximate surface area is 118 Å². The molecule has 0 bridgehead atoms. The molecule has 0 spiro atoms. The van der Waals surface area contributed by atoms with Gasteiger partial charge in [0.1, 0.15) is 5.75 Å². The molecule has 2 fully saturated rings. The monoisotopic (exact) mass is 308 g/mol. The molecule has 18 heavy (non-hydrogen) atoms. The predicted molar refractivity (Wildman–Crippen MR) is 78.6 cm³/mol. The van der Waals surface area contributed by atoms with Crippen LogP contribution >= 0.6 is 15.9 Å². The highest BCUT2D eigenvalue weighted by atomic mass is 79.9. The zero-order valence-electron chi connectivity index (χ0n) is 10.8. The molecule has 0 aliphatic heterocycles. The fraction of sp³-hybridized carbons (Fsp3) is 0.625. The van der Waals surface area contributed by atoms with Gasteiger partial charge in [-0.25, -0.2) is 0 Å². The molecule has 2 atom stereocenters. The standard InChI is InChI=1S/C16H21BrO/c17-16-8-3-1-2-7-15(16)12-5-4-6-14(11-12)18-13-9-10-13/h4-6,11,13,15-16H,1-3,7-10H2. The van der Waals surface area contributed by atoms with Crippen molar-refractivity contribution in [2.75, 3.05) is 0 Å². The summed E-state index contributed by atoms with van der Waals surface area (Å²) in [4.78, 5) is 0.635. The number of alkyl halides is 1. The maximum Gasteiger partial charge on any atom is 0.120 e. The van der Waals surface area contributed by atoms with E-state index in [0.29, 0.717) is 16.8 Å². The van der Waals surface area contributed by atoms with Gasteiger partial charge >= 0.3 is 0 Å². The van der Waals surface area contributed by atoms with Crippen LogP contribution in [0.1, 0.15) is 56.4 Å². The molecule has 2 aliphatic rings. The molecule has 1 aromatic rings. The first-order valence-corrected chi connectivity index (χ1v) is 8.15. The fourth-order valence-corrected chi connectivity index (χ4v) is 3.73. The first-order valence-electron chi connectivity index (χ1n) is 7.23. The molecular weight excluding hydrogens is 288 g/mol. The fourth-order valence-electron chi connectivity index (χ4n) is 2.83. The Morgan fingerprint density at radius 3 is 2.67 bits per heavy atom. The van der Waals surface area contributed by atoms with Gasteiger partial charge < -0.3 is 4.74 Å². The number of hydrogen-bond donors (Lipinski definition) is 0. The average Bonchev–Trinajstić information content (AvgIpc) is 3.18. The Morgan fingerprint density at radius 1 is 1.00 bits per heavy atom. The van der Waals surface area contributed by atoms with Gasteiger partial charge in [0.15, 0.2) is 0 Å². The van der Waals surface area contributed by atoms with Gasteiger partial charge in [-0.05, 0) is 49.3 Å². The molecule has 1 nitrogen and oxygen atoms in total. The van der Waals surface area contributed by atoms with Crippen LogP contribution < -0.4 is 4.74 Å². The van der Waals surface area contributed by atoms with Crippen molar-refractivity contribution in [1.82, 2.24) is 0 Å². The average molecular weight is 309 g/mol. The highest BCUT2D eigenvalue weighted by Gasteiger charge is 2.25. The van der Waals surface area contributed by atoms with Crippen LogP contribution in [0.25, 0.3) is 0 Å². The lowest BCUT2D eigenvalue weighted by molar-refractivity contribution is 0.302. The number of hydrogen-bond acceptors (Lipinski definition) is 1. The van der Waals surface area contributed by atoms with E-state index in [1.165, 1.54) is 50.5 Å². The van der Waals surface area contributed by atoms with Crippen molar-refractivity contribution in [2.45, 2.75) is 61.8 Å². The molecule has 2 heteroatoms. The van der Waals surface area contributed by atoms with Crippen molar-refractivity contribution in [3.8, 4) is 5.75 Å². The van der Waals surface area contributed by atoms with E-state index in [2.05, 4.69) is 40.2 Å². The van der Waals surface area contributed by atoms with Crippen molar-refractivity contribution in [2.24, 2.45) is 0 Å². The van der Waals surface area contributed by atoms with Gasteiger partial charge in [-0.2, -0.15) is 0 Å². The van der Waals surface area contributed by atoms with E-state index in [1.54, 1.807) is 0 Å². The third-order valence-corrected chi connectivity index (χ3v) is 5.14. The van der Waals surface area contributed by atoms with Crippen molar-refractivity contribution in [3.63, 3.8) is 0 Å². The van der Waals surface area contributed by atoms with Gasteiger partial charge in [0.25, 0.3) is 0 Å². The van der Waals surface area contributed by atoms with Gasteiger partial charge in [-0.3, -0.25) is 0 Å². The highest BCUT2D eigenvalue weighted by Crippen LogP contribution is 2.38. The Kier molecular flexibility index (Phi) is 3.93. The first kappa shape index (κ1) is 12.5. The van der Waals surface area contributed by atoms with E-state index in [9.17, 15) is 0 Å². The molecule has 0 heterocycles. The Bertz CT molecular complexity index is 400. The molecule has 3 rings (SSSR count). The van der Waals surface area contributed by atoms with Crippen LogP contribution in [0.3, 0.4) is 0 Å². The minimum atomic E-state index is 0.495. The number of ether oxygens (including phenoxy) is 1. The summed E-state index contributed by atoms with van der Waals surface area (Å²) in [5.41, 5.74) is 1.46. The lowest BCUT2D eigenvalue weighted by Crippen LogP contribution is -2.10. The Morgan fingerprint density at radius 2 is 1.83 bits per heavy atom. The summed E-state index contributed by atoms with van der Waals surface area (Å²) in [5.74, 6) is 1.73. The molecule has 98 valence electrons. The van der Waals surface area contributed by atoms with Gasteiger partial charge in [-0.15, -0.1) is 0 Å². The molecular formula is C16H21BrO. The smallest absolute Gasteiger partial charge is 0.120 e. The quantitative estimate of drug-likeness (QED) is 0.561. The second-order valence-electron chi connectivity index (χ2n) is 5.65. The number of halogens is 1. The van der Waals surface area contributed by atoms with E-state index in [-0.39, 0.29) is 0 Å². The van der Waals surface area contributed by atoms with E-state index >= 15 is 0 Å². The summed E-state index contributed by atoms with van der Waals surface area (Å²) < 4.78 is 5.91. The van der Waals surface area contributed by atoms with Crippen LogP contribution in [-0.2, 0) is 0 Å². The maximum absolute atomic E-state index is 5.91. The second kappa shape index (κ2) is 5.64. The molecule has 2 aliphatic carbocycles. The molecule has 1 aromatic carbocycles. The van der Waals surface area contributed by atoms with E-state index in [4.69, 9.17) is 4.74 Å². The van der Waals surface area contributed by atoms with Crippen molar-refractivity contribution in [3.05, 3.63) is 29.8 Å². The molecule has 0 N–H and O–H groups in total. The van der Waals surface area contributed by atoms with E-state index in [0.717, 1.165) is 5.75 Å². The minimum Gasteiger partial charge on any atom is -0.490 e. The zero-order valence-corrected chi connectivity index (χ0v) is 12.4. The molecule has 0 aromatic heterocycles. The van der Waals surface area contributed by atoms with Gasteiger partial charge in [0.05, 0.1) is 6.10 Å². The number of rotatable bonds is 3. The summed E-state index contributed by atoms with van der Waals surface area (Å²) >= 11 is 3.89. The maximum atomic E-state index is 5.91. The van der Waals surface area contributed by atoms with Gasteiger partial charge in [0.2, 0.25) is 0 Å². The van der Waals surface area contributed by atoms with Crippen LogP contribution in [0.15, 0.2) is 24.3 Å². The van der Waals surface area contributed by atoms with E-state index in [1.807, 2.05) is 0 Å². The Balaban J connectivity index is 1.76. The number of benzene rings is 1. The van der Waals surface area contributed by atoms with Gasteiger partial charge in [0, 0.05) is 4.83 Å². The van der Waals surface area contributed by atoms with Crippen LogP contribution in [0, 0.1) is 0 Å². The van der Waals surface area contributed by atoms with Crippen LogP contribution in [0.4, 0.5) is 0 Å². The highest BCUT2D eigenvalue weighted by molar-refractivity contribution is 9.09. The van der Waals surface area contributed by atoms with Crippen LogP contribution in [0.5, 0.6) is 5.75 Å². The van der Waals surface area contributed by atoms with E-state index < -0.39 is 0 Å². The Hall–Kier alpha value is -0.500. The SMILES string of the molecule is BrC1CCCCCC1c1cccc(OC2CC2)c1. The zero-order chi connectivity index (χ0) is 12.4. The second-order valence-corrected chi connectivity index (χ2v) is 6.83. The van der Waals surface area contributed by atoms with Crippen molar-refractivity contribution < 1.29 is 4.74 Å². The molecule has 0 amide bonds. The summed E-state index contributed by atoms with van der Waals surface area (Å²) in [6.07, 6.45) is 9.68. The topological polar surface area (TPSA) is 9.23 Å². The van der Waals surface area contributed by atoms with Crippen molar-refractivity contribution in [1.29, 1.82) is 0 Å². The molecule has 2 unspecified atom stereocenters. The summed E-state index contributed by atoms with van der Waals surface area (Å²) in [7, 11) is 0. The van der Waals surface area contributed by atoms with Crippen molar-refractivity contribution >= 4 is 15.9 Å². The first-order chi connectivity index (χ1) is 8.83. The lowest BCUT2D eigenvalue weighted by Gasteiger charge is -2.21. The summed E-state index contributed by atoms with van der Waals surface area (Å²) in [5, 5.41) is 0. The van der Waals surface area contributed by atoms with Crippen LogP contribution in [0.2, 0.25) is 0 Å². The van der Waals surface area contributed by atoms with Gasteiger partial charge in [-0.1, -0.05) is 47.3 Å². The van der Waals surface area contributed by atoms with Crippen LogP contribution in [-0.4, -0.2) is 10.9 Å². The molecule has 0 radical (unpaired) electrons. The third kappa shape index (κ3) is 3.09. The molecule has 2 saturated carbocycles. The summed E-state index contributed by atoms with van der Waals surface area (Å²) in [6.45, 7) is 0. The normalized spacial score (nSPS) is 28.7.